The number of carbonyl (C=O) groups excluding carboxylic acids is 2. The minimum atomic E-state index is -0.432. The number of non-ortho nitro benzene ring substituents is 2. The van der Waals surface area contributed by atoms with Crippen molar-refractivity contribution in [2.75, 3.05) is 54.4 Å². The number of likely N-dealkylation sites (N-methyl/N-ethyl adjacent to an activating group) is 2. The predicted molar refractivity (Wildman–Crippen MR) is 148 cm³/mol. The molecule has 2 rings (SSSR count). The molecule has 12 nitrogen and oxygen atoms in total. The molecule has 0 aliphatic rings. The molecule has 0 aliphatic heterocycles. The fraction of sp³-hybridized carbons (Fsp3) is 0.462. The van der Waals surface area contributed by atoms with Crippen LogP contribution in [0.25, 0.3) is 0 Å². The average Bonchev–Trinajstić information content (AvgIpc) is 2.86. The van der Waals surface area contributed by atoms with E-state index < -0.39 is 9.85 Å². The first kappa shape index (κ1) is 37.1. The maximum Gasteiger partial charge on any atom is 0.269 e. The van der Waals surface area contributed by atoms with Crippen molar-refractivity contribution in [2.24, 2.45) is 0 Å². The lowest BCUT2D eigenvalue weighted by atomic mass is 10.2. The maximum atomic E-state index is 12.2. The number of amides is 2. The van der Waals surface area contributed by atoms with E-state index in [-0.39, 0.29) is 57.2 Å². The number of benzene rings is 2. The van der Waals surface area contributed by atoms with Crippen LogP contribution in [0.1, 0.15) is 25.7 Å². The molecular formula is C26H38Br2N6O6. The van der Waals surface area contributed by atoms with E-state index in [1.54, 1.807) is 24.3 Å². The Bertz CT molecular complexity index is 1040. The number of nitro benzene ring substituents is 2. The van der Waals surface area contributed by atoms with Crippen molar-refractivity contribution in [3.8, 4) is 0 Å². The number of hydrogen-bond acceptors (Lipinski definition) is 6. The van der Waals surface area contributed by atoms with Crippen LogP contribution in [0.2, 0.25) is 0 Å². The highest BCUT2D eigenvalue weighted by atomic mass is 79.9. The number of nitro groups is 2. The van der Waals surface area contributed by atoms with Crippen LogP contribution in [0.4, 0.5) is 22.7 Å². The Labute approximate surface area is 255 Å². The summed E-state index contributed by atoms with van der Waals surface area (Å²) >= 11 is 0. The third-order valence-electron chi connectivity index (χ3n) is 6.56. The van der Waals surface area contributed by atoms with Gasteiger partial charge in [-0.1, -0.05) is 0 Å². The summed E-state index contributed by atoms with van der Waals surface area (Å²) in [4.78, 5) is 45.1. The zero-order valence-corrected chi connectivity index (χ0v) is 26.4. The van der Waals surface area contributed by atoms with E-state index >= 15 is 0 Å². The van der Waals surface area contributed by atoms with E-state index in [4.69, 9.17) is 0 Å². The molecule has 2 N–H and O–H groups in total. The standard InChI is InChI=1S/C26H36N6O6.2BrH/c1-31(2,23-13-9-21(10-14-23)29(35)36)19-17-27-25(33)7-5-6-8-26(34)28-18-20-32(3,4)24-15-11-22(12-16-24)30(37)38;;/h9-16H,5-8,17-20H2,1-4H3;2*1H. The van der Waals surface area contributed by atoms with Gasteiger partial charge in [0.15, 0.2) is 0 Å². The highest BCUT2D eigenvalue weighted by molar-refractivity contribution is 5.77. The molecular weight excluding hydrogens is 652 g/mol. The summed E-state index contributed by atoms with van der Waals surface area (Å²) in [5, 5.41) is 27.4. The minimum Gasteiger partial charge on any atom is -1.00 e. The zero-order chi connectivity index (χ0) is 28.3. The van der Waals surface area contributed by atoms with Gasteiger partial charge in [-0.05, 0) is 12.8 Å². The van der Waals surface area contributed by atoms with Gasteiger partial charge >= 0.3 is 0 Å². The Morgan fingerprint density at radius 1 is 0.650 bits per heavy atom. The molecule has 14 heteroatoms. The van der Waals surface area contributed by atoms with Crippen LogP contribution < -0.4 is 53.6 Å². The Morgan fingerprint density at radius 2 is 0.950 bits per heavy atom. The van der Waals surface area contributed by atoms with Gasteiger partial charge in [0, 0.05) is 61.4 Å². The number of halogens is 2. The normalized spacial score (nSPS) is 11.0. The summed E-state index contributed by atoms with van der Waals surface area (Å²) in [5.74, 6) is -0.146. The lowest BCUT2D eigenvalue weighted by molar-refractivity contribution is -0.385. The molecule has 0 spiro atoms. The Balaban J connectivity index is 0.00000760. The van der Waals surface area contributed by atoms with Crippen LogP contribution in [0.5, 0.6) is 0 Å². The number of hydrogen-bond donors (Lipinski definition) is 2. The van der Waals surface area contributed by atoms with E-state index in [1.807, 2.05) is 28.2 Å². The largest absolute Gasteiger partial charge is 1.00 e. The SMILES string of the molecule is C[N+](C)(CCNC(=O)CCCCC(=O)NCC[N+](C)(C)c1ccc([N+](=O)[O-])cc1)c1ccc([N+](=O)[O-])cc1.[Br-].[Br-]. The van der Waals surface area contributed by atoms with Gasteiger partial charge in [0.05, 0.1) is 51.1 Å². The summed E-state index contributed by atoms with van der Waals surface area (Å²) in [6.07, 6.45) is 1.87. The zero-order valence-electron chi connectivity index (χ0n) is 23.3. The number of nitrogens with one attached hydrogen (secondary N) is 2. The highest BCUT2D eigenvalue weighted by Crippen LogP contribution is 2.23. The molecule has 0 aromatic heterocycles. The summed E-state index contributed by atoms with van der Waals surface area (Å²) in [6.45, 7) is 2.18. The van der Waals surface area contributed by atoms with E-state index in [1.165, 1.54) is 24.3 Å². The number of carbonyl (C=O) groups is 2. The quantitative estimate of drug-likeness (QED) is 0.0892. The lowest BCUT2D eigenvalue weighted by Crippen LogP contribution is -3.00. The van der Waals surface area contributed by atoms with Crippen LogP contribution in [-0.2, 0) is 9.59 Å². The van der Waals surface area contributed by atoms with E-state index in [0.29, 0.717) is 60.8 Å². The smallest absolute Gasteiger partial charge is 0.269 e. The molecule has 0 atom stereocenters. The van der Waals surface area contributed by atoms with E-state index in [0.717, 1.165) is 11.4 Å². The van der Waals surface area contributed by atoms with E-state index in [2.05, 4.69) is 10.6 Å². The Hall–Kier alpha value is -2.94. The molecule has 0 saturated heterocycles. The molecule has 0 heterocycles. The van der Waals surface area contributed by atoms with E-state index in [9.17, 15) is 29.8 Å². The van der Waals surface area contributed by atoms with Crippen molar-refractivity contribution in [2.45, 2.75) is 25.7 Å². The predicted octanol–water partition coefficient (Wildman–Crippen LogP) is -2.86. The molecule has 0 aliphatic carbocycles. The van der Waals surface area contributed by atoms with Crippen molar-refractivity contribution in [3.63, 3.8) is 0 Å². The summed E-state index contributed by atoms with van der Waals surface area (Å²) in [6, 6.07) is 12.8. The van der Waals surface area contributed by atoms with Gasteiger partial charge in [-0.15, -0.1) is 0 Å². The van der Waals surface area contributed by atoms with Crippen LogP contribution in [0.3, 0.4) is 0 Å². The van der Waals surface area contributed by atoms with Crippen molar-refractivity contribution in [1.82, 2.24) is 19.6 Å². The number of quaternary nitrogens is 2. The summed E-state index contributed by atoms with van der Waals surface area (Å²) < 4.78 is 0.941. The second kappa shape index (κ2) is 17.0. The summed E-state index contributed by atoms with van der Waals surface area (Å²) in [5.41, 5.74) is 1.90. The van der Waals surface area contributed by atoms with Gasteiger partial charge in [0.1, 0.15) is 24.5 Å². The van der Waals surface area contributed by atoms with Gasteiger partial charge in [0.2, 0.25) is 11.8 Å². The molecule has 2 aromatic carbocycles. The number of nitrogens with zero attached hydrogens (tertiary/aromatic N) is 4. The molecule has 222 valence electrons. The first-order valence-electron chi connectivity index (χ1n) is 12.5. The van der Waals surface area contributed by atoms with Crippen molar-refractivity contribution in [1.29, 1.82) is 0 Å². The molecule has 0 fully saturated rings. The topological polar surface area (TPSA) is 144 Å². The molecule has 0 bridgehead atoms. The van der Waals surface area contributed by atoms with Gasteiger partial charge in [-0.25, -0.2) is 0 Å². The lowest BCUT2D eigenvalue weighted by Gasteiger charge is -2.29. The van der Waals surface area contributed by atoms with Gasteiger partial charge < -0.3 is 44.6 Å². The molecule has 0 radical (unpaired) electrons. The van der Waals surface area contributed by atoms with Crippen molar-refractivity contribution in [3.05, 3.63) is 68.8 Å². The van der Waals surface area contributed by atoms with Gasteiger partial charge in [0.25, 0.3) is 11.4 Å². The minimum absolute atomic E-state index is 0. The fourth-order valence-electron chi connectivity index (χ4n) is 3.91. The van der Waals surface area contributed by atoms with Crippen molar-refractivity contribution < 1.29 is 53.4 Å². The van der Waals surface area contributed by atoms with Gasteiger partial charge in [-0.3, -0.25) is 38.8 Å². The number of unbranched alkanes of at least 4 members (excludes halogenated alkanes) is 1. The fourth-order valence-corrected chi connectivity index (χ4v) is 3.91. The molecule has 0 unspecified atom stereocenters. The number of rotatable bonds is 15. The Morgan fingerprint density at radius 3 is 1.23 bits per heavy atom. The second-order valence-corrected chi connectivity index (χ2v) is 10.3. The van der Waals surface area contributed by atoms with Crippen molar-refractivity contribution >= 4 is 34.6 Å². The van der Waals surface area contributed by atoms with Gasteiger partial charge in [-0.2, -0.15) is 0 Å². The maximum absolute atomic E-state index is 12.2. The van der Waals surface area contributed by atoms with Crippen LogP contribution in [0.15, 0.2) is 48.5 Å². The second-order valence-electron chi connectivity index (χ2n) is 10.3. The van der Waals surface area contributed by atoms with Crippen LogP contribution >= 0.6 is 0 Å². The molecule has 0 saturated carbocycles. The Kier molecular flexibility index (Phi) is 15.8. The third-order valence-corrected chi connectivity index (χ3v) is 6.56. The van der Waals surface area contributed by atoms with Crippen LogP contribution in [0, 0.1) is 20.2 Å². The summed E-state index contributed by atoms with van der Waals surface area (Å²) in [7, 11) is 7.88. The molecule has 40 heavy (non-hydrogen) atoms. The highest BCUT2D eigenvalue weighted by Gasteiger charge is 2.21. The van der Waals surface area contributed by atoms with Crippen LogP contribution in [-0.4, -0.2) is 76.0 Å². The molecule has 2 aromatic rings. The third kappa shape index (κ3) is 12.1. The monoisotopic (exact) mass is 688 g/mol. The first-order chi connectivity index (χ1) is 17.8. The molecule has 2 amide bonds. The average molecular weight is 690 g/mol. The first-order valence-corrected chi connectivity index (χ1v) is 12.5.